The van der Waals surface area contributed by atoms with E-state index >= 15 is 0 Å². The molecule has 2 heterocycles. The van der Waals surface area contributed by atoms with Crippen molar-refractivity contribution in [3.05, 3.63) is 69.0 Å². The number of likely N-dealkylation sites (tertiary alicyclic amines) is 1. The third kappa shape index (κ3) is 5.94. The highest BCUT2D eigenvalue weighted by Crippen LogP contribution is 2.37. The molecule has 12 heteroatoms. The molecule has 0 unspecified atom stereocenters. The maximum atomic E-state index is 13.6. The molecule has 0 aliphatic carbocycles. The van der Waals surface area contributed by atoms with Gasteiger partial charge in [-0.25, -0.2) is 4.39 Å². The van der Waals surface area contributed by atoms with Crippen molar-refractivity contribution in [1.29, 1.82) is 0 Å². The van der Waals surface area contributed by atoms with Gasteiger partial charge in [0.15, 0.2) is 5.56 Å². The van der Waals surface area contributed by atoms with Gasteiger partial charge in [0, 0.05) is 38.6 Å². The minimum atomic E-state index is -0.887. The van der Waals surface area contributed by atoms with Crippen LogP contribution in [0.3, 0.4) is 0 Å². The number of benzene rings is 2. The molecule has 1 amide bonds. The van der Waals surface area contributed by atoms with Crippen LogP contribution in [0.5, 0.6) is 23.1 Å². The Morgan fingerprint density at radius 1 is 1.13 bits per heavy atom. The SMILES string of the molecule is CCOCc1nc(=O)c(C(=O)N2CCC(Oc3cc(F)ccc3Cl)CC2)c(O)n1-c1c(OC)cccc1OC. The fourth-order valence-electron chi connectivity index (χ4n) is 4.40. The lowest BCUT2D eigenvalue weighted by Crippen LogP contribution is -2.43. The first kappa shape index (κ1) is 28.2. The van der Waals surface area contributed by atoms with Gasteiger partial charge in [-0.05, 0) is 31.2 Å². The molecule has 0 atom stereocenters. The zero-order valence-electron chi connectivity index (χ0n) is 21.8. The van der Waals surface area contributed by atoms with Crippen molar-refractivity contribution in [3.8, 4) is 28.8 Å². The van der Waals surface area contributed by atoms with Crippen molar-refractivity contribution in [1.82, 2.24) is 14.5 Å². The predicted molar refractivity (Wildman–Crippen MR) is 141 cm³/mol. The summed E-state index contributed by atoms with van der Waals surface area (Å²) in [7, 11) is 2.89. The lowest BCUT2D eigenvalue weighted by Gasteiger charge is -2.32. The predicted octanol–water partition coefficient (Wildman–Crippen LogP) is 3.97. The molecule has 1 aromatic heterocycles. The molecule has 10 nitrogen and oxygen atoms in total. The molecule has 1 fully saturated rings. The van der Waals surface area contributed by atoms with Crippen LogP contribution >= 0.6 is 11.6 Å². The van der Waals surface area contributed by atoms with Crippen LogP contribution in [0, 0.1) is 5.82 Å². The van der Waals surface area contributed by atoms with E-state index in [1.165, 1.54) is 41.9 Å². The summed E-state index contributed by atoms with van der Waals surface area (Å²) < 4.78 is 37.1. The summed E-state index contributed by atoms with van der Waals surface area (Å²) >= 11 is 6.11. The van der Waals surface area contributed by atoms with Gasteiger partial charge < -0.3 is 29.0 Å². The van der Waals surface area contributed by atoms with Gasteiger partial charge in [0.05, 0.1) is 19.2 Å². The van der Waals surface area contributed by atoms with Gasteiger partial charge in [-0.15, -0.1) is 0 Å². The minimum Gasteiger partial charge on any atom is -0.494 e. The van der Waals surface area contributed by atoms with E-state index < -0.39 is 28.7 Å². The van der Waals surface area contributed by atoms with E-state index in [0.29, 0.717) is 30.9 Å². The van der Waals surface area contributed by atoms with Crippen LogP contribution in [0.4, 0.5) is 4.39 Å². The minimum absolute atomic E-state index is 0.0674. The lowest BCUT2D eigenvalue weighted by atomic mass is 10.1. The molecule has 0 radical (unpaired) electrons. The van der Waals surface area contributed by atoms with Gasteiger partial charge in [0.2, 0.25) is 5.88 Å². The molecule has 1 aliphatic heterocycles. The number of rotatable bonds is 9. The lowest BCUT2D eigenvalue weighted by molar-refractivity contribution is 0.0588. The molecule has 208 valence electrons. The van der Waals surface area contributed by atoms with Crippen LogP contribution in [-0.2, 0) is 11.3 Å². The van der Waals surface area contributed by atoms with Crippen molar-refractivity contribution >= 4 is 17.5 Å². The van der Waals surface area contributed by atoms with E-state index in [2.05, 4.69) is 4.98 Å². The first-order chi connectivity index (χ1) is 18.8. The third-order valence-electron chi connectivity index (χ3n) is 6.33. The van der Waals surface area contributed by atoms with Crippen molar-refractivity contribution in [2.24, 2.45) is 0 Å². The largest absolute Gasteiger partial charge is 0.494 e. The Labute approximate surface area is 229 Å². The van der Waals surface area contributed by atoms with E-state index in [1.807, 2.05) is 0 Å². The van der Waals surface area contributed by atoms with Crippen LogP contribution in [0.1, 0.15) is 35.9 Å². The average Bonchev–Trinajstić information content (AvgIpc) is 2.93. The van der Waals surface area contributed by atoms with Gasteiger partial charge >= 0.3 is 0 Å². The number of aromatic hydroxyl groups is 1. The summed E-state index contributed by atoms with van der Waals surface area (Å²) in [5.41, 5.74) is -1.12. The van der Waals surface area contributed by atoms with Gasteiger partial charge in [-0.3, -0.25) is 14.2 Å². The summed E-state index contributed by atoms with van der Waals surface area (Å²) in [6, 6.07) is 8.86. The van der Waals surface area contributed by atoms with E-state index in [0.717, 1.165) is 0 Å². The van der Waals surface area contributed by atoms with Crippen molar-refractivity contribution in [2.75, 3.05) is 33.9 Å². The van der Waals surface area contributed by atoms with Crippen LogP contribution in [0.15, 0.2) is 41.2 Å². The Balaban J connectivity index is 1.66. The second-order valence-electron chi connectivity index (χ2n) is 8.70. The number of para-hydroxylation sites is 1. The molecule has 1 saturated heterocycles. The Bertz CT molecular complexity index is 1380. The highest BCUT2D eigenvalue weighted by molar-refractivity contribution is 6.32. The van der Waals surface area contributed by atoms with Gasteiger partial charge in [0.25, 0.3) is 11.5 Å². The summed E-state index contributed by atoms with van der Waals surface area (Å²) in [6.45, 7) is 2.46. The van der Waals surface area contributed by atoms with Crippen molar-refractivity contribution in [3.63, 3.8) is 0 Å². The quantitative estimate of drug-likeness (QED) is 0.418. The van der Waals surface area contributed by atoms with E-state index in [1.54, 1.807) is 25.1 Å². The summed E-state index contributed by atoms with van der Waals surface area (Å²) in [4.78, 5) is 32.1. The van der Waals surface area contributed by atoms with E-state index in [4.69, 9.17) is 30.5 Å². The molecule has 39 heavy (non-hydrogen) atoms. The van der Waals surface area contributed by atoms with Crippen LogP contribution in [-0.4, -0.2) is 65.5 Å². The molecular formula is C27H29ClFN3O7. The molecule has 2 aromatic carbocycles. The summed E-state index contributed by atoms with van der Waals surface area (Å²) in [5.74, 6) is -0.832. The zero-order chi connectivity index (χ0) is 28.1. The number of aromatic nitrogens is 2. The zero-order valence-corrected chi connectivity index (χ0v) is 22.5. The summed E-state index contributed by atoms with van der Waals surface area (Å²) in [5, 5.41) is 11.7. The molecule has 3 aromatic rings. The number of amides is 1. The molecule has 1 aliphatic rings. The maximum absolute atomic E-state index is 13.6. The normalized spacial score (nSPS) is 13.8. The number of halogens is 2. The number of nitrogens with zero attached hydrogens (tertiary/aromatic N) is 3. The van der Waals surface area contributed by atoms with Crippen LogP contribution < -0.4 is 19.8 Å². The first-order valence-electron chi connectivity index (χ1n) is 12.3. The summed E-state index contributed by atoms with van der Waals surface area (Å²) in [6.07, 6.45) is 0.496. The van der Waals surface area contributed by atoms with Crippen molar-refractivity contribution < 1.29 is 33.2 Å². The second-order valence-corrected chi connectivity index (χ2v) is 9.11. The molecular weight excluding hydrogens is 533 g/mol. The van der Waals surface area contributed by atoms with Crippen LogP contribution in [0.25, 0.3) is 5.69 Å². The molecule has 0 spiro atoms. The van der Waals surface area contributed by atoms with E-state index in [9.17, 15) is 19.1 Å². The number of hydrogen-bond acceptors (Lipinski definition) is 8. The Hall–Kier alpha value is -3.83. The fraction of sp³-hybridized carbons (Fsp3) is 0.370. The highest BCUT2D eigenvalue weighted by atomic mass is 35.5. The van der Waals surface area contributed by atoms with Gasteiger partial charge in [-0.1, -0.05) is 17.7 Å². The first-order valence-corrected chi connectivity index (χ1v) is 12.7. The maximum Gasteiger partial charge on any atom is 0.289 e. The van der Waals surface area contributed by atoms with Crippen molar-refractivity contribution in [2.45, 2.75) is 32.5 Å². The average molecular weight is 562 g/mol. The monoisotopic (exact) mass is 561 g/mol. The number of methoxy groups -OCH3 is 2. The fourth-order valence-corrected chi connectivity index (χ4v) is 4.56. The van der Waals surface area contributed by atoms with E-state index in [-0.39, 0.29) is 48.1 Å². The smallest absolute Gasteiger partial charge is 0.289 e. The number of ether oxygens (including phenoxy) is 4. The van der Waals surface area contributed by atoms with Gasteiger partial charge in [0.1, 0.15) is 47.3 Å². The van der Waals surface area contributed by atoms with Gasteiger partial charge in [-0.2, -0.15) is 4.98 Å². The standard InChI is InChI=1S/C27H29ClFN3O7/c1-4-38-15-22-30-25(33)23(27(35)32(22)24-19(36-2)6-5-7-20(24)37-3)26(34)31-12-10-17(11-13-31)39-21-14-16(29)8-9-18(21)28/h5-9,14,17,35H,4,10-13,15H2,1-3H3. The third-order valence-corrected chi connectivity index (χ3v) is 6.64. The Kier molecular flexibility index (Phi) is 8.93. The number of carbonyl (C=O) groups is 1. The molecule has 4 rings (SSSR count). The number of piperidine rings is 1. The molecule has 0 bridgehead atoms. The molecule has 1 N–H and O–H groups in total. The highest BCUT2D eigenvalue weighted by Gasteiger charge is 2.32. The van der Waals surface area contributed by atoms with Crippen LogP contribution in [0.2, 0.25) is 5.02 Å². The molecule has 0 saturated carbocycles. The Morgan fingerprint density at radius 2 is 1.79 bits per heavy atom. The Morgan fingerprint density at radius 3 is 2.41 bits per heavy atom. The number of hydrogen-bond donors (Lipinski definition) is 1. The second kappa shape index (κ2) is 12.4. The number of carbonyl (C=O) groups excluding carboxylic acids is 1. The topological polar surface area (TPSA) is 112 Å².